The molecule has 7 nitrogen and oxygen atoms in total. The van der Waals surface area contributed by atoms with Gasteiger partial charge in [0.15, 0.2) is 0 Å². The molecule has 0 saturated heterocycles. The monoisotopic (exact) mass is 471 g/mol. The molecule has 2 N–H and O–H groups in total. The lowest BCUT2D eigenvalue weighted by Gasteiger charge is -2.16. The van der Waals surface area contributed by atoms with E-state index in [1.54, 1.807) is 36.4 Å². The fourth-order valence-electron chi connectivity index (χ4n) is 4.00. The number of aromatic amines is 1. The van der Waals surface area contributed by atoms with Crippen molar-refractivity contribution in [3.8, 4) is 11.1 Å². The molecule has 2 aromatic carbocycles. The highest BCUT2D eigenvalue weighted by Gasteiger charge is 2.30. The molecule has 0 fully saturated rings. The molecule has 0 atom stereocenters. The van der Waals surface area contributed by atoms with Crippen LogP contribution in [0.4, 0.5) is 13.2 Å². The summed E-state index contributed by atoms with van der Waals surface area (Å²) in [4.78, 5) is 27.7. The summed E-state index contributed by atoms with van der Waals surface area (Å²) in [5.41, 5.74) is 1.19. The van der Waals surface area contributed by atoms with Crippen LogP contribution in [0.15, 0.2) is 53.5 Å². The van der Waals surface area contributed by atoms with Gasteiger partial charge in [-0.15, -0.1) is 0 Å². The molecule has 0 aliphatic rings. The lowest BCUT2D eigenvalue weighted by Crippen LogP contribution is -2.28. The molecule has 0 aliphatic heterocycles. The second-order valence-electron chi connectivity index (χ2n) is 8.36. The fraction of sp³-hybridized carbons (Fsp3) is 0.292. The quantitative estimate of drug-likeness (QED) is 0.402. The Morgan fingerprint density at radius 3 is 2.65 bits per heavy atom. The number of carbonyl (C=O) groups excluding carboxylic acids is 1. The van der Waals surface area contributed by atoms with E-state index in [2.05, 4.69) is 15.5 Å². The molecule has 2 heterocycles. The average molecular weight is 471 g/mol. The minimum atomic E-state index is -4.59. The number of halogens is 3. The first-order valence-electron chi connectivity index (χ1n) is 10.7. The summed E-state index contributed by atoms with van der Waals surface area (Å²) in [6, 6.07) is 11.8. The van der Waals surface area contributed by atoms with Crippen molar-refractivity contribution < 1.29 is 18.0 Å². The van der Waals surface area contributed by atoms with Crippen LogP contribution in [0.25, 0.3) is 32.9 Å². The van der Waals surface area contributed by atoms with E-state index in [4.69, 9.17) is 0 Å². The number of hydrogen-bond donors (Lipinski definition) is 2. The summed E-state index contributed by atoms with van der Waals surface area (Å²) in [6.45, 7) is -0.113. The maximum absolute atomic E-state index is 13.3. The number of alkyl halides is 3. The SMILES string of the molecule is CN(C)CCCNC(=O)c1ccccc1-c1ccc2c3[nH]ncc3c(=O)n(CC(F)(F)F)c2c1. The Labute approximate surface area is 193 Å². The van der Waals surface area contributed by atoms with Crippen LogP contribution in [0, 0.1) is 0 Å². The van der Waals surface area contributed by atoms with Gasteiger partial charge in [-0.25, -0.2) is 0 Å². The van der Waals surface area contributed by atoms with Crippen LogP contribution in [-0.4, -0.2) is 58.9 Å². The number of pyridine rings is 1. The Balaban J connectivity index is 1.79. The van der Waals surface area contributed by atoms with E-state index in [0.29, 0.717) is 38.7 Å². The maximum atomic E-state index is 13.3. The summed E-state index contributed by atoms with van der Waals surface area (Å²) < 4.78 is 40.7. The van der Waals surface area contributed by atoms with Crippen molar-refractivity contribution in [3.63, 3.8) is 0 Å². The van der Waals surface area contributed by atoms with Crippen LogP contribution >= 0.6 is 0 Å². The van der Waals surface area contributed by atoms with Crippen LogP contribution in [0.2, 0.25) is 0 Å². The van der Waals surface area contributed by atoms with Crippen molar-refractivity contribution in [1.82, 2.24) is 25.0 Å². The van der Waals surface area contributed by atoms with E-state index in [1.807, 2.05) is 19.0 Å². The van der Waals surface area contributed by atoms with Gasteiger partial charge in [0.25, 0.3) is 11.5 Å². The molecule has 34 heavy (non-hydrogen) atoms. The largest absolute Gasteiger partial charge is 0.406 e. The molecule has 0 saturated carbocycles. The van der Waals surface area contributed by atoms with Gasteiger partial charge >= 0.3 is 6.18 Å². The normalized spacial score (nSPS) is 12.1. The third-order valence-corrected chi connectivity index (χ3v) is 5.56. The van der Waals surface area contributed by atoms with Crippen LogP contribution in [-0.2, 0) is 6.54 Å². The first-order chi connectivity index (χ1) is 16.2. The number of hydrogen-bond acceptors (Lipinski definition) is 4. The molecular weight excluding hydrogens is 447 g/mol. The molecule has 0 unspecified atom stereocenters. The molecule has 4 aromatic rings. The Bertz CT molecular complexity index is 1410. The lowest BCUT2D eigenvalue weighted by molar-refractivity contribution is -0.140. The molecule has 0 radical (unpaired) electrons. The number of rotatable bonds is 7. The topological polar surface area (TPSA) is 83.0 Å². The van der Waals surface area contributed by atoms with E-state index >= 15 is 0 Å². The number of fused-ring (bicyclic) bond motifs is 3. The standard InChI is InChI=1S/C24H24F3N5O2/c1-31(2)11-5-10-28-22(33)17-7-4-3-6-16(17)15-8-9-18-20(12-15)32(14-24(25,26)27)23(34)19-13-29-30-21(18)19/h3-4,6-9,12-13H,5,10-11,14H2,1-2H3,(H,28,33)(H,29,30). The van der Waals surface area contributed by atoms with Crippen molar-refractivity contribution in [3.05, 3.63) is 64.6 Å². The van der Waals surface area contributed by atoms with Gasteiger partial charge in [0.05, 0.1) is 22.6 Å². The summed E-state index contributed by atoms with van der Waals surface area (Å²) in [5, 5.41) is 9.96. The fourth-order valence-corrected chi connectivity index (χ4v) is 4.00. The van der Waals surface area contributed by atoms with Gasteiger partial charge in [-0.3, -0.25) is 19.3 Å². The van der Waals surface area contributed by atoms with Crippen molar-refractivity contribution in [2.24, 2.45) is 0 Å². The zero-order chi connectivity index (χ0) is 24.5. The zero-order valence-corrected chi connectivity index (χ0v) is 18.7. The molecule has 10 heteroatoms. The number of nitrogens with zero attached hydrogens (tertiary/aromatic N) is 3. The van der Waals surface area contributed by atoms with Crippen molar-refractivity contribution in [1.29, 1.82) is 0 Å². The highest BCUT2D eigenvalue weighted by molar-refractivity contribution is 6.06. The molecule has 178 valence electrons. The highest BCUT2D eigenvalue weighted by atomic mass is 19.4. The van der Waals surface area contributed by atoms with E-state index in [0.717, 1.165) is 13.0 Å². The van der Waals surface area contributed by atoms with Crippen LogP contribution in [0.1, 0.15) is 16.8 Å². The number of aromatic nitrogens is 3. The second-order valence-corrected chi connectivity index (χ2v) is 8.36. The predicted molar refractivity (Wildman–Crippen MR) is 125 cm³/mol. The highest BCUT2D eigenvalue weighted by Crippen LogP contribution is 2.30. The van der Waals surface area contributed by atoms with Gasteiger partial charge in [0, 0.05) is 17.5 Å². The van der Waals surface area contributed by atoms with E-state index in [1.165, 1.54) is 12.3 Å². The number of benzene rings is 2. The van der Waals surface area contributed by atoms with E-state index in [-0.39, 0.29) is 16.8 Å². The summed E-state index contributed by atoms with van der Waals surface area (Å²) >= 11 is 0. The smallest absolute Gasteiger partial charge is 0.352 e. The lowest BCUT2D eigenvalue weighted by atomic mass is 9.97. The summed E-state index contributed by atoms with van der Waals surface area (Å²) in [7, 11) is 3.90. The predicted octanol–water partition coefficient (Wildman–Crippen LogP) is 3.79. The minimum Gasteiger partial charge on any atom is -0.352 e. The number of nitrogens with one attached hydrogen (secondary N) is 2. The second kappa shape index (κ2) is 9.30. The third-order valence-electron chi connectivity index (χ3n) is 5.56. The van der Waals surface area contributed by atoms with Gasteiger partial charge in [-0.1, -0.05) is 30.3 Å². The maximum Gasteiger partial charge on any atom is 0.406 e. The molecule has 1 amide bonds. The number of amides is 1. The molecule has 4 rings (SSSR count). The zero-order valence-electron chi connectivity index (χ0n) is 18.7. The average Bonchev–Trinajstić information content (AvgIpc) is 3.28. The van der Waals surface area contributed by atoms with Gasteiger partial charge in [0.1, 0.15) is 6.54 Å². The Kier molecular flexibility index (Phi) is 6.43. The molecule has 0 aliphatic carbocycles. The van der Waals surface area contributed by atoms with Crippen molar-refractivity contribution in [2.75, 3.05) is 27.2 Å². The number of carbonyl (C=O) groups is 1. The van der Waals surface area contributed by atoms with E-state index < -0.39 is 18.3 Å². The molecule has 0 spiro atoms. The molecule has 2 aromatic heterocycles. The Morgan fingerprint density at radius 1 is 1.15 bits per heavy atom. The first kappa shape index (κ1) is 23.5. The minimum absolute atomic E-state index is 0.0852. The van der Waals surface area contributed by atoms with E-state index in [9.17, 15) is 22.8 Å². The summed E-state index contributed by atoms with van der Waals surface area (Å²) in [5.74, 6) is -0.272. The van der Waals surface area contributed by atoms with Gasteiger partial charge in [-0.05, 0) is 50.3 Å². The molecule has 0 bridgehead atoms. The summed E-state index contributed by atoms with van der Waals surface area (Å²) in [6.07, 6.45) is -2.58. The van der Waals surface area contributed by atoms with Crippen molar-refractivity contribution >= 4 is 27.7 Å². The third kappa shape index (κ3) is 4.81. The van der Waals surface area contributed by atoms with Gasteiger partial charge < -0.3 is 10.2 Å². The van der Waals surface area contributed by atoms with Crippen LogP contribution < -0.4 is 10.9 Å². The van der Waals surface area contributed by atoms with Crippen LogP contribution in [0.5, 0.6) is 0 Å². The van der Waals surface area contributed by atoms with Crippen LogP contribution in [0.3, 0.4) is 0 Å². The molecular formula is C24H24F3N5O2. The van der Waals surface area contributed by atoms with Crippen molar-refractivity contribution in [2.45, 2.75) is 19.1 Å². The van der Waals surface area contributed by atoms with Gasteiger partial charge in [0.2, 0.25) is 0 Å². The number of H-pyrrole nitrogens is 1. The van der Waals surface area contributed by atoms with Gasteiger partial charge in [-0.2, -0.15) is 18.3 Å². The Hall–Kier alpha value is -3.66. The Morgan fingerprint density at radius 2 is 1.91 bits per heavy atom. The first-order valence-corrected chi connectivity index (χ1v) is 10.7.